The highest BCUT2D eigenvalue weighted by molar-refractivity contribution is 7.10. The lowest BCUT2D eigenvalue weighted by atomic mass is 10.1. The van der Waals surface area contributed by atoms with Gasteiger partial charge in [0, 0.05) is 23.3 Å². The molecule has 3 rings (SSSR count). The van der Waals surface area contributed by atoms with Crippen molar-refractivity contribution < 1.29 is 9.90 Å². The van der Waals surface area contributed by atoms with Crippen LogP contribution in [0.25, 0.3) is 0 Å². The predicted molar refractivity (Wildman–Crippen MR) is 71.2 cm³/mol. The molecule has 0 radical (unpaired) electrons. The Morgan fingerprint density at radius 1 is 1.50 bits per heavy atom. The average Bonchev–Trinajstić information content (AvgIpc) is 2.96. The summed E-state index contributed by atoms with van der Waals surface area (Å²) in [6.07, 6.45) is 1.09. The van der Waals surface area contributed by atoms with Crippen LogP contribution in [-0.2, 0) is 19.5 Å². The molecule has 2 aromatic heterocycles. The van der Waals surface area contributed by atoms with Gasteiger partial charge >= 0.3 is 5.97 Å². The zero-order chi connectivity index (χ0) is 12.5. The van der Waals surface area contributed by atoms with Crippen LogP contribution in [0, 0.1) is 0 Å². The Labute approximate surface area is 113 Å². The standard InChI is InChI=1S/C12H12N2O2S2/c15-12(16)9-7-18-11(13-9)6-14-3-1-10-8(5-14)2-4-17-10/h2,4,7H,1,3,5-6H2,(H,15,16). The van der Waals surface area contributed by atoms with E-state index >= 15 is 0 Å². The summed E-state index contributed by atoms with van der Waals surface area (Å²) in [4.78, 5) is 18.7. The van der Waals surface area contributed by atoms with Gasteiger partial charge in [-0.2, -0.15) is 0 Å². The molecule has 0 bridgehead atoms. The molecular formula is C12H12N2O2S2. The smallest absolute Gasteiger partial charge is 0.355 e. The van der Waals surface area contributed by atoms with Gasteiger partial charge in [0.1, 0.15) is 5.01 Å². The summed E-state index contributed by atoms with van der Waals surface area (Å²) < 4.78 is 0. The van der Waals surface area contributed by atoms with Gasteiger partial charge in [0.05, 0.1) is 6.54 Å². The molecule has 3 heterocycles. The van der Waals surface area contributed by atoms with Crippen LogP contribution in [-0.4, -0.2) is 27.5 Å². The molecule has 1 N–H and O–H groups in total. The largest absolute Gasteiger partial charge is 0.476 e. The third-order valence-electron chi connectivity index (χ3n) is 3.02. The van der Waals surface area contributed by atoms with E-state index in [1.54, 1.807) is 5.38 Å². The molecule has 94 valence electrons. The van der Waals surface area contributed by atoms with Crippen molar-refractivity contribution in [2.24, 2.45) is 0 Å². The van der Waals surface area contributed by atoms with Crippen molar-refractivity contribution in [1.82, 2.24) is 9.88 Å². The van der Waals surface area contributed by atoms with Crippen LogP contribution in [0.15, 0.2) is 16.8 Å². The Kier molecular flexibility index (Phi) is 3.15. The second-order valence-corrected chi connectivity index (χ2v) is 6.20. The summed E-state index contributed by atoms with van der Waals surface area (Å²) >= 11 is 3.25. The van der Waals surface area contributed by atoms with Gasteiger partial charge in [-0.05, 0) is 23.4 Å². The second kappa shape index (κ2) is 4.79. The van der Waals surface area contributed by atoms with Crippen LogP contribution in [0.3, 0.4) is 0 Å². The number of rotatable bonds is 3. The van der Waals surface area contributed by atoms with E-state index < -0.39 is 5.97 Å². The van der Waals surface area contributed by atoms with Crippen molar-refractivity contribution in [1.29, 1.82) is 0 Å². The first kappa shape index (κ1) is 11.8. The second-order valence-electron chi connectivity index (χ2n) is 4.26. The number of hydrogen-bond donors (Lipinski definition) is 1. The van der Waals surface area contributed by atoms with Crippen LogP contribution < -0.4 is 0 Å². The number of carboxylic acids is 1. The lowest BCUT2D eigenvalue weighted by Gasteiger charge is -2.25. The van der Waals surface area contributed by atoms with Crippen LogP contribution >= 0.6 is 22.7 Å². The van der Waals surface area contributed by atoms with Crippen molar-refractivity contribution in [2.75, 3.05) is 6.54 Å². The highest BCUT2D eigenvalue weighted by atomic mass is 32.1. The van der Waals surface area contributed by atoms with E-state index in [1.165, 1.54) is 21.8 Å². The molecule has 0 fully saturated rings. The van der Waals surface area contributed by atoms with E-state index in [1.807, 2.05) is 11.3 Å². The zero-order valence-electron chi connectivity index (χ0n) is 9.63. The van der Waals surface area contributed by atoms with Crippen molar-refractivity contribution in [3.8, 4) is 0 Å². The monoisotopic (exact) mass is 280 g/mol. The van der Waals surface area contributed by atoms with E-state index in [2.05, 4.69) is 21.3 Å². The van der Waals surface area contributed by atoms with Crippen LogP contribution in [0.2, 0.25) is 0 Å². The van der Waals surface area contributed by atoms with Crippen molar-refractivity contribution in [3.05, 3.63) is 38.0 Å². The van der Waals surface area contributed by atoms with Crippen molar-refractivity contribution in [2.45, 2.75) is 19.5 Å². The third-order valence-corrected chi connectivity index (χ3v) is 4.87. The zero-order valence-corrected chi connectivity index (χ0v) is 11.3. The normalized spacial score (nSPS) is 15.6. The lowest BCUT2D eigenvalue weighted by Crippen LogP contribution is -2.29. The van der Waals surface area contributed by atoms with Crippen LogP contribution in [0.5, 0.6) is 0 Å². The minimum Gasteiger partial charge on any atom is -0.476 e. The Morgan fingerprint density at radius 3 is 3.17 bits per heavy atom. The molecular weight excluding hydrogens is 268 g/mol. The van der Waals surface area contributed by atoms with E-state index in [0.717, 1.165) is 31.1 Å². The number of carbonyl (C=O) groups is 1. The highest BCUT2D eigenvalue weighted by Gasteiger charge is 2.18. The first-order valence-corrected chi connectivity index (χ1v) is 7.43. The van der Waals surface area contributed by atoms with E-state index in [4.69, 9.17) is 5.11 Å². The summed E-state index contributed by atoms with van der Waals surface area (Å²) in [6, 6.07) is 2.18. The highest BCUT2D eigenvalue weighted by Crippen LogP contribution is 2.25. The molecule has 0 saturated heterocycles. The fourth-order valence-corrected chi connectivity index (χ4v) is 3.81. The molecule has 0 saturated carbocycles. The van der Waals surface area contributed by atoms with Gasteiger partial charge in [-0.1, -0.05) is 0 Å². The van der Waals surface area contributed by atoms with Gasteiger partial charge in [-0.15, -0.1) is 22.7 Å². The number of thiazole rings is 1. The van der Waals surface area contributed by atoms with Gasteiger partial charge < -0.3 is 5.11 Å². The average molecular weight is 280 g/mol. The summed E-state index contributed by atoms with van der Waals surface area (Å²) in [6.45, 7) is 2.71. The topological polar surface area (TPSA) is 53.4 Å². The number of aromatic carboxylic acids is 1. The third kappa shape index (κ3) is 2.31. The first-order valence-electron chi connectivity index (χ1n) is 5.67. The van der Waals surface area contributed by atoms with Gasteiger partial charge in [-0.25, -0.2) is 9.78 Å². The lowest BCUT2D eigenvalue weighted by molar-refractivity contribution is 0.0691. The van der Waals surface area contributed by atoms with E-state index in [9.17, 15) is 4.79 Å². The number of fused-ring (bicyclic) bond motifs is 1. The first-order chi connectivity index (χ1) is 8.72. The maximum Gasteiger partial charge on any atom is 0.355 e. The molecule has 1 aliphatic heterocycles. The number of hydrogen-bond acceptors (Lipinski definition) is 5. The quantitative estimate of drug-likeness (QED) is 0.938. The SMILES string of the molecule is O=C(O)c1csc(CN2CCc3sccc3C2)n1. The van der Waals surface area contributed by atoms with Crippen molar-refractivity contribution in [3.63, 3.8) is 0 Å². The Balaban J connectivity index is 1.68. The molecule has 0 amide bonds. The summed E-state index contributed by atoms with van der Waals surface area (Å²) in [5.74, 6) is -0.948. The molecule has 0 aliphatic carbocycles. The fraction of sp³-hybridized carbons (Fsp3) is 0.333. The van der Waals surface area contributed by atoms with Gasteiger partial charge in [-0.3, -0.25) is 4.90 Å². The fourth-order valence-electron chi connectivity index (χ4n) is 2.11. The van der Waals surface area contributed by atoms with E-state index in [0.29, 0.717) is 0 Å². The number of carboxylic acid groups (broad SMARTS) is 1. The minimum absolute atomic E-state index is 0.156. The Hall–Kier alpha value is -1.24. The maximum atomic E-state index is 10.8. The minimum atomic E-state index is -0.948. The van der Waals surface area contributed by atoms with Crippen LogP contribution in [0.4, 0.5) is 0 Å². The van der Waals surface area contributed by atoms with Gasteiger partial charge in [0.2, 0.25) is 0 Å². The Bertz CT molecular complexity index is 576. The van der Waals surface area contributed by atoms with Crippen LogP contribution in [0.1, 0.15) is 25.9 Å². The number of thiophene rings is 1. The molecule has 2 aromatic rings. The molecule has 6 heteroatoms. The molecule has 18 heavy (non-hydrogen) atoms. The van der Waals surface area contributed by atoms with E-state index in [-0.39, 0.29) is 5.69 Å². The maximum absolute atomic E-state index is 10.8. The summed E-state index contributed by atoms with van der Waals surface area (Å²) in [5, 5.41) is 13.5. The molecule has 0 atom stereocenters. The molecule has 4 nitrogen and oxygen atoms in total. The van der Waals surface area contributed by atoms with Crippen molar-refractivity contribution >= 4 is 28.6 Å². The van der Waals surface area contributed by atoms with Gasteiger partial charge in [0.15, 0.2) is 5.69 Å². The number of nitrogens with zero attached hydrogens (tertiary/aromatic N) is 2. The molecule has 1 aliphatic rings. The summed E-state index contributed by atoms with van der Waals surface area (Å²) in [5.41, 5.74) is 1.56. The predicted octanol–water partition coefficient (Wildman–Crippen LogP) is 2.46. The molecule has 0 spiro atoms. The number of aromatic nitrogens is 1. The molecule has 0 unspecified atom stereocenters. The van der Waals surface area contributed by atoms with Gasteiger partial charge in [0.25, 0.3) is 0 Å². The molecule has 0 aromatic carbocycles. The summed E-state index contributed by atoms with van der Waals surface area (Å²) in [7, 11) is 0. The Morgan fingerprint density at radius 2 is 2.39 bits per heavy atom.